The minimum absolute atomic E-state index is 0. The molecule has 1 amide bonds. The van der Waals surface area contributed by atoms with Crippen LogP contribution in [-0.2, 0) is 4.79 Å². The van der Waals surface area contributed by atoms with Crippen LogP contribution in [0.1, 0.15) is 22.1 Å². The Morgan fingerprint density at radius 1 is 1.09 bits per heavy atom. The number of carbonyl (C=O) groups is 1. The number of ether oxygens (including phenoxy) is 1. The van der Waals surface area contributed by atoms with Crippen LogP contribution in [0.15, 0.2) is 48.5 Å². The largest absolute Gasteiger partial charge is 0.573 e. The zero-order valence-electron chi connectivity index (χ0n) is 17.3. The van der Waals surface area contributed by atoms with Crippen LogP contribution in [0.4, 0.5) is 19.1 Å². The van der Waals surface area contributed by atoms with Gasteiger partial charge in [-0.3, -0.25) is 4.79 Å². The first-order valence-corrected chi connectivity index (χ1v) is 10.4. The van der Waals surface area contributed by atoms with Crippen molar-refractivity contribution in [2.45, 2.75) is 31.7 Å². The third kappa shape index (κ3) is 4.26. The highest BCUT2D eigenvalue weighted by atomic mass is 19.4. The molecule has 5 rings (SSSR count). The van der Waals surface area contributed by atoms with Gasteiger partial charge in [-0.05, 0) is 43.5 Å². The van der Waals surface area contributed by atoms with Crippen LogP contribution in [-0.4, -0.2) is 44.4 Å². The topological polar surface area (TPSA) is 93.4 Å². The highest BCUT2D eigenvalue weighted by Crippen LogP contribution is 2.33. The number of halogens is 3. The zero-order chi connectivity index (χ0) is 23.0. The van der Waals surface area contributed by atoms with E-state index in [1.54, 1.807) is 18.2 Å². The SMILES string of the molecule is O=C1NCCCC[C@@H]1Nc1nc2ccccc2c2nc(-c3ccccc3OC(F)(F)F)nn12.[HH].[HH]. The second kappa shape index (κ2) is 8.23. The monoisotopic (exact) mass is 460 g/mol. The molecule has 1 fully saturated rings. The number of amides is 1. The molecule has 0 bridgehead atoms. The minimum atomic E-state index is -4.86. The number of anilines is 1. The van der Waals surface area contributed by atoms with Crippen LogP contribution >= 0.6 is 0 Å². The van der Waals surface area contributed by atoms with Crippen LogP contribution in [0.3, 0.4) is 0 Å². The molecule has 174 valence electrons. The van der Waals surface area contributed by atoms with Gasteiger partial charge in [0.2, 0.25) is 11.9 Å². The van der Waals surface area contributed by atoms with Gasteiger partial charge >= 0.3 is 6.36 Å². The molecule has 0 radical (unpaired) electrons. The lowest BCUT2D eigenvalue weighted by molar-refractivity contribution is -0.274. The zero-order valence-corrected chi connectivity index (χ0v) is 17.3. The van der Waals surface area contributed by atoms with Gasteiger partial charge in [-0.1, -0.05) is 24.3 Å². The predicted octanol–water partition coefficient (Wildman–Crippen LogP) is 4.42. The summed E-state index contributed by atoms with van der Waals surface area (Å²) in [6.45, 7) is 0.612. The van der Waals surface area contributed by atoms with Crippen LogP contribution in [0.25, 0.3) is 27.9 Å². The third-order valence-electron chi connectivity index (χ3n) is 5.37. The predicted molar refractivity (Wildman–Crippen MR) is 119 cm³/mol. The number of nitrogens with zero attached hydrogens (tertiary/aromatic N) is 4. The van der Waals surface area contributed by atoms with Gasteiger partial charge in [0.05, 0.1) is 11.1 Å². The van der Waals surface area contributed by atoms with Crippen LogP contribution in [0.5, 0.6) is 5.75 Å². The number of para-hydroxylation sites is 2. The Balaban J connectivity index is 0.00000171. The Labute approximate surface area is 188 Å². The maximum Gasteiger partial charge on any atom is 0.573 e. The molecule has 0 aliphatic carbocycles. The average molecular weight is 460 g/mol. The molecule has 33 heavy (non-hydrogen) atoms. The Morgan fingerprint density at radius 2 is 1.88 bits per heavy atom. The molecule has 1 saturated heterocycles. The lowest BCUT2D eigenvalue weighted by Gasteiger charge is -2.16. The first kappa shape index (κ1) is 21.0. The van der Waals surface area contributed by atoms with Crippen molar-refractivity contribution in [3.05, 3.63) is 48.5 Å². The standard InChI is InChI=1S/C22H19F3N6O2.2H2/c23-22(24,25)33-17-11-4-2-8-14(17)18-29-19-13-7-1-3-9-15(13)27-21(31(19)30-18)28-16-10-5-6-12-26-20(16)32;;/h1-4,7-9,11,16H,5-6,10,12H2,(H,26,32)(H,27,28);2*1H/t16-;;/m0../s1. The molecule has 2 N–H and O–H groups in total. The fraction of sp³-hybridized carbons (Fsp3) is 0.273. The summed E-state index contributed by atoms with van der Waals surface area (Å²) in [4.78, 5) is 21.6. The number of aromatic nitrogens is 4. The van der Waals surface area contributed by atoms with Gasteiger partial charge in [0.25, 0.3) is 0 Å². The van der Waals surface area contributed by atoms with Crippen molar-refractivity contribution < 1.29 is 25.6 Å². The summed E-state index contributed by atoms with van der Waals surface area (Å²) >= 11 is 0. The number of carbonyl (C=O) groups excluding carboxylic acids is 1. The van der Waals surface area contributed by atoms with Gasteiger partial charge in [0.15, 0.2) is 11.5 Å². The molecule has 2 aromatic heterocycles. The fourth-order valence-electron chi connectivity index (χ4n) is 3.86. The maximum absolute atomic E-state index is 12.9. The summed E-state index contributed by atoms with van der Waals surface area (Å²) in [5, 5.41) is 11.1. The molecule has 11 heteroatoms. The van der Waals surface area contributed by atoms with Gasteiger partial charge in [-0.25, -0.2) is 9.97 Å². The Hall–Kier alpha value is -3.89. The van der Waals surface area contributed by atoms with E-state index in [1.807, 2.05) is 12.1 Å². The van der Waals surface area contributed by atoms with Gasteiger partial charge in [-0.15, -0.1) is 18.3 Å². The van der Waals surface area contributed by atoms with E-state index in [1.165, 1.54) is 22.7 Å². The summed E-state index contributed by atoms with van der Waals surface area (Å²) in [5.41, 5.74) is 1.09. The van der Waals surface area contributed by atoms with Crippen molar-refractivity contribution in [3.8, 4) is 17.1 Å². The molecule has 0 unspecified atom stereocenters. The van der Waals surface area contributed by atoms with Crippen LogP contribution in [0.2, 0.25) is 0 Å². The number of benzene rings is 2. The van der Waals surface area contributed by atoms with E-state index >= 15 is 0 Å². The van der Waals surface area contributed by atoms with Gasteiger partial charge in [-0.2, -0.15) is 4.52 Å². The van der Waals surface area contributed by atoms with Gasteiger partial charge in [0.1, 0.15) is 11.8 Å². The number of hydrogen-bond acceptors (Lipinski definition) is 6. The molecule has 1 atom stereocenters. The first-order chi connectivity index (χ1) is 15.9. The maximum atomic E-state index is 12.9. The fourth-order valence-corrected chi connectivity index (χ4v) is 3.86. The van der Waals surface area contributed by atoms with Gasteiger partial charge < -0.3 is 15.4 Å². The van der Waals surface area contributed by atoms with Crippen molar-refractivity contribution in [3.63, 3.8) is 0 Å². The van der Waals surface area contributed by atoms with Crippen molar-refractivity contribution in [1.29, 1.82) is 0 Å². The second-order valence-electron chi connectivity index (χ2n) is 7.65. The molecule has 8 nitrogen and oxygen atoms in total. The summed E-state index contributed by atoms with van der Waals surface area (Å²) in [7, 11) is 0. The van der Waals surface area contributed by atoms with E-state index in [-0.39, 0.29) is 26.1 Å². The van der Waals surface area contributed by atoms with Crippen molar-refractivity contribution >= 4 is 28.4 Å². The number of alkyl halides is 3. The van der Waals surface area contributed by atoms with Crippen molar-refractivity contribution in [2.24, 2.45) is 0 Å². The van der Waals surface area contributed by atoms with E-state index in [0.717, 1.165) is 12.8 Å². The number of hydrogen-bond donors (Lipinski definition) is 2. The van der Waals surface area contributed by atoms with Crippen molar-refractivity contribution in [1.82, 2.24) is 24.9 Å². The summed E-state index contributed by atoms with van der Waals surface area (Å²) in [5.74, 6) is -0.226. The molecule has 2 aromatic carbocycles. The molecule has 0 spiro atoms. The van der Waals surface area contributed by atoms with E-state index in [2.05, 4.69) is 30.4 Å². The van der Waals surface area contributed by atoms with E-state index in [9.17, 15) is 18.0 Å². The average Bonchev–Trinajstić information content (AvgIpc) is 3.13. The number of rotatable bonds is 4. The Kier molecular flexibility index (Phi) is 5.23. The Bertz CT molecular complexity index is 1350. The second-order valence-corrected chi connectivity index (χ2v) is 7.65. The normalized spacial score (nSPS) is 17.1. The molecule has 3 heterocycles. The Morgan fingerprint density at radius 3 is 2.73 bits per heavy atom. The van der Waals surface area contributed by atoms with E-state index in [0.29, 0.717) is 29.5 Å². The highest BCUT2D eigenvalue weighted by molar-refractivity contribution is 5.93. The number of nitrogens with one attached hydrogen (secondary N) is 2. The molecular formula is C22H23F3N6O2. The van der Waals surface area contributed by atoms with Gasteiger partial charge in [0, 0.05) is 14.8 Å². The van der Waals surface area contributed by atoms with E-state index in [4.69, 9.17) is 0 Å². The molecule has 1 aliphatic rings. The lowest BCUT2D eigenvalue weighted by Crippen LogP contribution is -2.38. The summed E-state index contributed by atoms with van der Waals surface area (Å²) in [6, 6.07) is 12.4. The van der Waals surface area contributed by atoms with Crippen molar-refractivity contribution in [2.75, 3.05) is 11.9 Å². The summed E-state index contributed by atoms with van der Waals surface area (Å²) < 4.78 is 44.3. The molecular weight excluding hydrogens is 437 g/mol. The summed E-state index contributed by atoms with van der Waals surface area (Å²) in [6.07, 6.45) is -2.50. The minimum Gasteiger partial charge on any atom is -0.405 e. The lowest BCUT2D eigenvalue weighted by atomic mass is 10.1. The number of fused-ring (bicyclic) bond motifs is 3. The van der Waals surface area contributed by atoms with Crippen LogP contribution in [0, 0.1) is 0 Å². The highest BCUT2D eigenvalue weighted by Gasteiger charge is 2.33. The third-order valence-corrected chi connectivity index (χ3v) is 5.37. The molecule has 0 saturated carbocycles. The first-order valence-electron chi connectivity index (χ1n) is 10.4. The molecule has 1 aliphatic heterocycles. The van der Waals surface area contributed by atoms with Crippen LogP contribution < -0.4 is 15.4 Å². The quantitative estimate of drug-likeness (QED) is 0.469. The smallest absolute Gasteiger partial charge is 0.405 e. The van der Waals surface area contributed by atoms with E-state index < -0.39 is 18.2 Å². The molecule has 4 aromatic rings.